The largest absolute Gasteiger partial charge is 0.508 e. The Morgan fingerprint density at radius 1 is 1.18 bits per heavy atom. The Morgan fingerprint density at radius 3 is 2.64 bits per heavy atom. The van der Waals surface area contributed by atoms with Crippen molar-refractivity contribution in [3.63, 3.8) is 0 Å². The van der Waals surface area contributed by atoms with Crippen molar-refractivity contribution in [3.8, 4) is 5.75 Å². The van der Waals surface area contributed by atoms with Crippen LogP contribution in [-0.2, 0) is 6.42 Å². The van der Waals surface area contributed by atoms with Gasteiger partial charge in [0.05, 0.1) is 11.2 Å². The minimum absolute atomic E-state index is 0.0119. The van der Waals surface area contributed by atoms with Gasteiger partial charge in [0.2, 0.25) is 0 Å². The van der Waals surface area contributed by atoms with Gasteiger partial charge in [0.25, 0.3) is 0 Å². The molecule has 3 nitrogen and oxygen atoms in total. The van der Waals surface area contributed by atoms with E-state index < -0.39 is 11.2 Å². The molecule has 156 valence electrons. The fraction of sp³-hybridized carbons (Fsp3) is 0.760. The number of hydrogen-bond acceptors (Lipinski definition) is 3. The van der Waals surface area contributed by atoms with E-state index in [0.717, 1.165) is 44.9 Å². The minimum Gasteiger partial charge on any atom is -0.508 e. The molecule has 0 bridgehead atoms. The van der Waals surface area contributed by atoms with Crippen molar-refractivity contribution in [2.75, 3.05) is 0 Å². The summed E-state index contributed by atoms with van der Waals surface area (Å²) in [5, 5.41) is 31.6. The molecule has 6 atom stereocenters. The van der Waals surface area contributed by atoms with Gasteiger partial charge < -0.3 is 15.3 Å². The summed E-state index contributed by atoms with van der Waals surface area (Å²) in [7, 11) is 0. The summed E-state index contributed by atoms with van der Waals surface area (Å²) in [5.41, 5.74) is 1.52. The van der Waals surface area contributed by atoms with Gasteiger partial charge in [-0.05, 0) is 118 Å². The quantitative estimate of drug-likeness (QED) is 0.669. The van der Waals surface area contributed by atoms with E-state index in [1.165, 1.54) is 17.5 Å². The molecule has 3 heteroatoms. The number of phenols is 1. The van der Waals surface area contributed by atoms with Gasteiger partial charge in [0, 0.05) is 0 Å². The van der Waals surface area contributed by atoms with Gasteiger partial charge in [-0.3, -0.25) is 0 Å². The molecule has 0 heterocycles. The smallest absolute Gasteiger partial charge is 0.115 e. The highest BCUT2D eigenvalue weighted by Gasteiger charge is 2.63. The van der Waals surface area contributed by atoms with Crippen LogP contribution in [0.2, 0.25) is 0 Å². The molecule has 4 rings (SSSR count). The zero-order valence-corrected chi connectivity index (χ0v) is 18.0. The maximum absolute atomic E-state index is 11.7. The van der Waals surface area contributed by atoms with Gasteiger partial charge >= 0.3 is 0 Å². The van der Waals surface area contributed by atoms with Crippen LogP contribution in [-0.4, -0.2) is 26.5 Å². The molecule has 1 aromatic carbocycles. The van der Waals surface area contributed by atoms with Crippen LogP contribution in [0.3, 0.4) is 0 Å². The first-order valence-corrected chi connectivity index (χ1v) is 11.3. The lowest BCUT2D eigenvalue weighted by atomic mass is 9.53. The van der Waals surface area contributed by atoms with Gasteiger partial charge in [-0.25, -0.2) is 0 Å². The number of phenolic OH excluding ortho intramolecular Hbond substituents is 1. The van der Waals surface area contributed by atoms with Crippen molar-refractivity contribution in [2.45, 2.75) is 96.2 Å². The second-order valence-corrected chi connectivity index (χ2v) is 11.0. The normalized spacial score (nSPS) is 39.9. The number of aliphatic hydroxyl groups is 2. The van der Waals surface area contributed by atoms with Crippen LogP contribution in [0.15, 0.2) is 18.2 Å². The van der Waals surface area contributed by atoms with Crippen molar-refractivity contribution in [1.29, 1.82) is 0 Å². The first kappa shape index (κ1) is 20.2. The van der Waals surface area contributed by atoms with Crippen molar-refractivity contribution in [1.82, 2.24) is 0 Å². The predicted molar refractivity (Wildman–Crippen MR) is 112 cm³/mol. The van der Waals surface area contributed by atoms with E-state index in [0.29, 0.717) is 29.4 Å². The summed E-state index contributed by atoms with van der Waals surface area (Å²) in [6.45, 7) is 8.19. The molecule has 3 N–H and O–H groups in total. The van der Waals surface area contributed by atoms with E-state index in [2.05, 4.69) is 19.9 Å². The number of hydrogen-bond donors (Lipinski definition) is 3. The van der Waals surface area contributed by atoms with E-state index in [1.807, 2.05) is 26.0 Å². The van der Waals surface area contributed by atoms with Crippen LogP contribution in [0.1, 0.15) is 89.7 Å². The molecule has 0 aromatic heterocycles. The van der Waals surface area contributed by atoms with Gasteiger partial charge in [-0.15, -0.1) is 0 Å². The minimum atomic E-state index is -0.628. The number of rotatable bonds is 4. The number of aryl methyl sites for hydroxylation is 1. The summed E-state index contributed by atoms with van der Waals surface area (Å²) in [5.74, 6) is 2.49. The molecule has 3 aliphatic rings. The number of aromatic hydroxyl groups is 1. The number of fused-ring (bicyclic) bond motifs is 5. The summed E-state index contributed by atoms with van der Waals surface area (Å²) in [6, 6.07) is 5.96. The lowest BCUT2D eigenvalue weighted by Gasteiger charge is -2.53. The molecule has 1 aromatic rings. The molecular weight excluding hydrogens is 348 g/mol. The summed E-state index contributed by atoms with van der Waals surface area (Å²) in [6.07, 6.45) is 8.33. The zero-order valence-electron chi connectivity index (χ0n) is 18.0. The summed E-state index contributed by atoms with van der Waals surface area (Å²) < 4.78 is 0. The molecule has 3 aliphatic carbocycles. The second kappa shape index (κ2) is 6.74. The topological polar surface area (TPSA) is 60.7 Å². The molecule has 0 spiro atoms. The van der Waals surface area contributed by atoms with Gasteiger partial charge in [-0.2, -0.15) is 0 Å². The van der Waals surface area contributed by atoms with Gasteiger partial charge in [-0.1, -0.05) is 19.4 Å². The van der Waals surface area contributed by atoms with Crippen molar-refractivity contribution < 1.29 is 15.3 Å². The summed E-state index contributed by atoms with van der Waals surface area (Å²) in [4.78, 5) is 0. The standard InChI is InChI=1S/C25H38O3/c1-23(2,27)12-5-6-17-15-22-21-9-7-16-14-18(26)8-10-19(16)20(21)11-13-24(22,3)25(17,4)28/h8,10,14,17,20-22,26-28H,5-7,9,11-13,15H2,1-4H3/t17-,20+,21+,22-,24-,25-/m0/s1. The maximum Gasteiger partial charge on any atom is 0.115 e. The van der Waals surface area contributed by atoms with Gasteiger partial charge in [0.15, 0.2) is 0 Å². The molecular formula is C25H38O3. The van der Waals surface area contributed by atoms with Crippen LogP contribution in [0.4, 0.5) is 0 Å². The van der Waals surface area contributed by atoms with Crippen LogP contribution in [0.25, 0.3) is 0 Å². The van der Waals surface area contributed by atoms with Gasteiger partial charge in [0.1, 0.15) is 5.75 Å². The van der Waals surface area contributed by atoms with Crippen LogP contribution < -0.4 is 0 Å². The monoisotopic (exact) mass is 386 g/mol. The maximum atomic E-state index is 11.7. The van der Waals surface area contributed by atoms with Crippen LogP contribution in [0.5, 0.6) is 5.75 Å². The highest BCUT2D eigenvalue weighted by molar-refractivity contribution is 5.40. The van der Waals surface area contributed by atoms with E-state index in [9.17, 15) is 15.3 Å². The molecule has 0 unspecified atom stereocenters. The SMILES string of the molecule is CC(C)(O)CCC[C@H]1C[C@H]2[C@@H]3CCc4cc(O)ccc4[C@H]3CC[C@]2(C)[C@@]1(C)O. The third-order valence-corrected chi connectivity index (χ3v) is 8.93. The Bertz CT molecular complexity index is 732. The molecule has 2 saturated carbocycles. The lowest BCUT2D eigenvalue weighted by molar-refractivity contribution is -0.110. The lowest BCUT2D eigenvalue weighted by Crippen LogP contribution is -2.51. The molecule has 0 amide bonds. The van der Waals surface area contributed by atoms with E-state index >= 15 is 0 Å². The Morgan fingerprint density at radius 2 is 1.93 bits per heavy atom. The zero-order chi connectivity index (χ0) is 20.3. The fourth-order valence-corrected chi connectivity index (χ4v) is 7.13. The predicted octanol–water partition coefficient (Wildman–Crippen LogP) is 5.17. The molecule has 0 aliphatic heterocycles. The van der Waals surface area contributed by atoms with Crippen LogP contribution >= 0.6 is 0 Å². The van der Waals surface area contributed by atoms with Crippen molar-refractivity contribution in [3.05, 3.63) is 29.3 Å². The number of benzene rings is 1. The Hall–Kier alpha value is -1.06. The first-order valence-electron chi connectivity index (χ1n) is 11.3. The van der Waals surface area contributed by atoms with E-state index in [-0.39, 0.29) is 5.41 Å². The third-order valence-electron chi connectivity index (χ3n) is 8.93. The highest BCUT2D eigenvalue weighted by Crippen LogP contribution is 2.66. The molecule has 0 radical (unpaired) electrons. The van der Waals surface area contributed by atoms with E-state index in [1.54, 1.807) is 0 Å². The Labute approximate surface area is 170 Å². The average molecular weight is 387 g/mol. The molecule has 0 saturated heterocycles. The fourth-order valence-electron chi connectivity index (χ4n) is 7.13. The third kappa shape index (κ3) is 3.19. The van der Waals surface area contributed by atoms with Crippen LogP contribution in [0, 0.1) is 23.2 Å². The molecule has 28 heavy (non-hydrogen) atoms. The molecule has 2 fully saturated rings. The average Bonchev–Trinajstić information content (AvgIpc) is 2.80. The second-order valence-electron chi connectivity index (χ2n) is 11.0. The van der Waals surface area contributed by atoms with Crippen molar-refractivity contribution in [2.24, 2.45) is 23.2 Å². The highest BCUT2D eigenvalue weighted by atomic mass is 16.3. The Balaban J connectivity index is 1.56. The van der Waals surface area contributed by atoms with Crippen molar-refractivity contribution >= 4 is 0 Å². The van der Waals surface area contributed by atoms with E-state index in [4.69, 9.17) is 0 Å². The first-order chi connectivity index (χ1) is 13.0. The summed E-state index contributed by atoms with van der Waals surface area (Å²) >= 11 is 0. The Kier molecular flexibility index (Phi) is 4.87.